The van der Waals surface area contributed by atoms with E-state index in [1.165, 1.54) is 31.4 Å². The molecular formula is C26H35N7O2. The SMILES string of the molecule is O=c1[nH]ncc2nc(N3CCCCCC3)nc(Nc3ccc(N4CCC(CCCO)CC4)cc3)c12. The highest BCUT2D eigenvalue weighted by Crippen LogP contribution is 2.29. The standard InChI is InChI=1S/C26H35N7O2/c34-17-5-6-19-11-15-32(16-12-19)21-9-7-20(8-10-21)28-24-23-22(18-27-31-25(23)35)29-26(30-24)33-13-3-1-2-4-14-33/h7-10,18-19,34H,1-6,11-17H2,(H,31,35)(H,28,29,30). The summed E-state index contributed by atoms with van der Waals surface area (Å²) < 4.78 is 0. The first kappa shape index (κ1) is 23.5. The van der Waals surface area contributed by atoms with Crippen LogP contribution in [0.2, 0.25) is 0 Å². The van der Waals surface area contributed by atoms with Crippen molar-refractivity contribution >= 4 is 34.0 Å². The van der Waals surface area contributed by atoms with E-state index >= 15 is 0 Å². The number of rotatable bonds is 7. The fourth-order valence-electron chi connectivity index (χ4n) is 5.25. The molecule has 2 fully saturated rings. The van der Waals surface area contributed by atoms with Crippen molar-refractivity contribution in [1.29, 1.82) is 0 Å². The average Bonchev–Trinajstić information content (AvgIpc) is 3.18. The minimum atomic E-state index is -0.298. The van der Waals surface area contributed by atoms with E-state index in [-0.39, 0.29) is 12.2 Å². The number of hydrogen-bond acceptors (Lipinski definition) is 8. The highest BCUT2D eigenvalue weighted by molar-refractivity contribution is 5.90. The fraction of sp³-hybridized carbons (Fsp3) is 0.538. The lowest BCUT2D eigenvalue weighted by atomic mass is 9.92. The molecule has 1 aromatic carbocycles. The number of H-pyrrole nitrogens is 1. The molecule has 0 atom stereocenters. The van der Waals surface area contributed by atoms with Crippen molar-refractivity contribution in [3.63, 3.8) is 0 Å². The van der Waals surface area contributed by atoms with Crippen LogP contribution in [0.3, 0.4) is 0 Å². The molecule has 2 saturated heterocycles. The van der Waals surface area contributed by atoms with Crippen molar-refractivity contribution in [1.82, 2.24) is 20.2 Å². The van der Waals surface area contributed by atoms with Gasteiger partial charge in [0, 0.05) is 44.2 Å². The number of nitrogens with zero attached hydrogens (tertiary/aromatic N) is 5. The topological polar surface area (TPSA) is 110 Å². The molecular weight excluding hydrogens is 442 g/mol. The predicted molar refractivity (Wildman–Crippen MR) is 140 cm³/mol. The third-order valence-corrected chi connectivity index (χ3v) is 7.27. The molecule has 0 unspecified atom stereocenters. The van der Waals surface area contributed by atoms with E-state index in [0.29, 0.717) is 22.7 Å². The maximum atomic E-state index is 12.6. The van der Waals surface area contributed by atoms with E-state index in [1.807, 2.05) is 12.1 Å². The molecule has 186 valence electrons. The number of benzene rings is 1. The summed E-state index contributed by atoms with van der Waals surface area (Å²) in [5.74, 6) is 1.88. The molecule has 0 saturated carbocycles. The summed E-state index contributed by atoms with van der Waals surface area (Å²) in [4.78, 5) is 26.7. The van der Waals surface area contributed by atoms with E-state index in [1.54, 1.807) is 6.20 Å². The van der Waals surface area contributed by atoms with Gasteiger partial charge in [-0.2, -0.15) is 10.1 Å². The monoisotopic (exact) mass is 477 g/mol. The average molecular weight is 478 g/mol. The highest BCUT2D eigenvalue weighted by atomic mass is 16.2. The van der Waals surface area contributed by atoms with Crippen molar-refractivity contribution < 1.29 is 5.11 Å². The molecule has 0 amide bonds. The van der Waals surface area contributed by atoms with Crippen LogP contribution >= 0.6 is 0 Å². The third-order valence-electron chi connectivity index (χ3n) is 7.27. The number of hydrogen-bond donors (Lipinski definition) is 3. The van der Waals surface area contributed by atoms with Gasteiger partial charge in [0.2, 0.25) is 5.95 Å². The van der Waals surface area contributed by atoms with Gasteiger partial charge in [-0.25, -0.2) is 10.1 Å². The second-order valence-corrected chi connectivity index (χ2v) is 9.70. The van der Waals surface area contributed by atoms with Gasteiger partial charge in [0.05, 0.1) is 6.20 Å². The molecule has 2 aromatic heterocycles. The molecule has 3 N–H and O–H groups in total. The van der Waals surface area contributed by atoms with Crippen molar-refractivity contribution in [3.05, 3.63) is 40.8 Å². The lowest BCUT2D eigenvalue weighted by Gasteiger charge is -2.33. The molecule has 0 spiro atoms. The first-order chi connectivity index (χ1) is 17.2. The Morgan fingerprint density at radius 2 is 1.71 bits per heavy atom. The van der Waals surface area contributed by atoms with E-state index in [2.05, 4.69) is 42.4 Å². The number of aromatic nitrogens is 4. The number of anilines is 4. The molecule has 2 aliphatic rings. The number of nitrogens with one attached hydrogen (secondary N) is 2. The fourth-order valence-corrected chi connectivity index (χ4v) is 5.25. The highest BCUT2D eigenvalue weighted by Gasteiger charge is 2.20. The Labute approximate surface area is 205 Å². The van der Waals surface area contributed by atoms with Crippen LogP contribution in [0.1, 0.15) is 51.4 Å². The Balaban J connectivity index is 1.35. The zero-order valence-electron chi connectivity index (χ0n) is 20.2. The molecule has 4 heterocycles. The van der Waals surface area contributed by atoms with Crippen molar-refractivity contribution in [2.24, 2.45) is 5.92 Å². The molecule has 0 aliphatic carbocycles. The van der Waals surface area contributed by atoms with Gasteiger partial charge in [-0.3, -0.25) is 4.79 Å². The molecule has 9 heteroatoms. The second-order valence-electron chi connectivity index (χ2n) is 9.70. The quantitative estimate of drug-likeness (QED) is 0.471. The van der Waals surface area contributed by atoms with E-state index in [4.69, 9.17) is 10.1 Å². The van der Waals surface area contributed by atoms with Gasteiger partial charge in [-0.05, 0) is 68.7 Å². The summed E-state index contributed by atoms with van der Waals surface area (Å²) in [5, 5.41) is 19.4. The number of piperidine rings is 1. The Morgan fingerprint density at radius 3 is 2.43 bits per heavy atom. The van der Waals surface area contributed by atoms with Crippen LogP contribution in [-0.4, -0.2) is 58.1 Å². The Kier molecular flexibility index (Phi) is 7.42. The van der Waals surface area contributed by atoms with Crippen molar-refractivity contribution in [3.8, 4) is 0 Å². The summed E-state index contributed by atoms with van der Waals surface area (Å²) in [6.07, 6.45) is 10.7. The zero-order chi connectivity index (χ0) is 24.0. The second kappa shape index (κ2) is 11.0. The predicted octanol–water partition coefficient (Wildman–Crippen LogP) is 3.83. The van der Waals surface area contributed by atoms with Crippen LogP contribution in [0.15, 0.2) is 35.3 Å². The number of aliphatic hydroxyl groups excluding tert-OH is 1. The summed E-state index contributed by atoms with van der Waals surface area (Å²) in [6, 6.07) is 8.34. The summed E-state index contributed by atoms with van der Waals surface area (Å²) in [7, 11) is 0. The van der Waals surface area contributed by atoms with Crippen LogP contribution in [0.5, 0.6) is 0 Å². The first-order valence-electron chi connectivity index (χ1n) is 12.9. The number of fused-ring (bicyclic) bond motifs is 1. The van der Waals surface area contributed by atoms with Crippen LogP contribution in [0.4, 0.5) is 23.1 Å². The molecule has 9 nitrogen and oxygen atoms in total. The van der Waals surface area contributed by atoms with Crippen LogP contribution < -0.4 is 20.7 Å². The van der Waals surface area contributed by atoms with E-state index in [0.717, 1.165) is 63.5 Å². The molecule has 3 aromatic rings. The smallest absolute Gasteiger partial charge is 0.277 e. The van der Waals surface area contributed by atoms with Crippen LogP contribution in [0.25, 0.3) is 10.9 Å². The van der Waals surface area contributed by atoms with Gasteiger partial charge in [0.15, 0.2) is 0 Å². The van der Waals surface area contributed by atoms with Crippen molar-refractivity contribution in [2.45, 2.75) is 51.4 Å². The molecule has 2 aliphatic heterocycles. The van der Waals surface area contributed by atoms with E-state index in [9.17, 15) is 4.79 Å². The first-order valence-corrected chi connectivity index (χ1v) is 12.9. The molecule has 0 bridgehead atoms. The Bertz CT molecular complexity index is 1160. The van der Waals surface area contributed by atoms with Crippen LogP contribution in [-0.2, 0) is 0 Å². The maximum Gasteiger partial charge on any atom is 0.277 e. The lowest BCUT2D eigenvalue weighted by Crippen LogP contribution is -2.33. The van der Waals surface area contributed by atoms with Crippen molar-refractivity contribution in [2.75, 3.05) is 47.9 Å². The largest absolute Gasteiger partial charge is 0.396 e. The zero-order valence-corrected chi connectivity index (χ0v) is 20.2. The molecule has 5 rings (SSSR count). The summed E-state index contributed by atoms with van der Waals surface area (Å²) >= 11 is 0. The third kappa shape index (κ3) is 5.56. The number of aliphatic hydroxyl groups is 1. The summed E-state index contributed by atoms with van der Waals surface area (Å²) in [5.41, 5.74) is 2.33. The lowest BCUT2D eigenvalue weighted by molar-refractivity contribution is 0.261. The maximum absolute atomic E-state index is 12.6. The number of aromatic amines is 1. The normalized spacial score (nSPS) is 17.5. The van der Waals surface area contributed by atoms with Gasteiger partial charge >= 0.3 is 0 Å². The van der Waals surface area contributed by atoms with Gasteiger partial charge in [0.1, 0.15) is 16.7 Å². The van der Waals surface area contributed by atoms with Gasteiger partial charge in [-0.15, -0.1) is 0 Å². The van der Waals surface area contributed by atoms with Gasteiger partial charge < -0.3 is 20.2 Å². The van der Waals surface area contributed by atoms with Gasteiger partial charge in [0.25, 0.3) is 5.56 Å². The Morgan fingerprint density at radius 1 is 0.971 bits per heavy atom. The molecule has 35 heavy (non-hydrogen) atoms. The van der Waals surface area contributed by atoms with Gasteiger partial charge in [-0.1, -0.05) is 12.8 Å². The molecule has 0 radical (unpaired) electrons. The minimum Gasteiger partial charge on any atom is -0.396 e. The van der Waals surface area contributed by atoms with E-state index < -0.39 is 0 Å². The minimum absolute atomic E-state index is 0.290. The summed E-state index contributed by atoms with van der Waals surface area (Å²) in [6.45, 7) is 4.22. The van der Waals surface area contributed by atoms with Crippen LogP contribution in [0, 0.1) is 5.92 Å². The Hall–Kier alpha value is -3.20.